The Hall–Kier alpha value is -1.68. The van der Waals surface area contributed by atoms with Crippen molar-refractivity contribution in [1.82, 2.24) is 0 Å². The molecule has 0 spiro atoms. The van der Waals surface area contributed by atoms with Crippen molar-refractivity contribution in [2.75, 3.05) is 11.6 Å². The maximum absolute atomic E-state index is 11.4. The van der Waals surface area contributed by atoms with Crippen LogP contribution in [-0.4, -0.2) is 18.1 Å². The predicted molar refractivity (Wildman–Crippen MR) is 63.0 cm³/mol. The van der Waals surface area contributed by atoms with Gasteiger partial charge in [0.25, 0.3) is 0 Å². The molecule has 0 atom stereocenters. The summed E-state index contributed by atoms with van der Waals surface area (Å²) < 4.78 is 0. The molecule has 0 radical (unpaired) electrons. The quantitative estimate of drug-likeness (QED) is 0.460. The van der Waals surface area contributed by atoms with E-state index in [4.69, 9.17) is 5.84 Å². The van der Waals surface area contributed by atoms with Gasteiger partial charge in [0.15, 0.2) is 5.78 Å². The Bertz CT molecular complexity index is 402. The number of para-hydroxylation sites is 1. The van der Waals surface area contributed by atoms with Crippen molar-refractivity contribution in [3.05, 3.63) is 29.8 Å². The predicted octanol–water partition coefficient (Wildman–Crippen LogP) is 1.22. The molecule has 1 aromatic carbocycles. The van der Waals surface area contributed by atoms with Gasteiger partial charge in [-0.2, -0.15) is 0 Å². The van der Waals surface area contributed by atoms with Crippen molar-refractivity contribution in [1.29, 1.82) is 0 Å². The Labute approximate surface area is 95.0 Å². The standard InChI is InChI=1S/C12H16N2O2/c1-3-11(15)12(16)8-14(13)10-7-5-4-6-9(10)2/h4-7H,3,8,13H2,1-2H3. The third-order valence-corrected chi connectivity index (χ3v) is 2.37. The average Bonchev–Trinajstić information content (AvgIpc) is 2.28. The molecule has 0 saturated heterocycles. The average molecular weight is 220 g/mol. The molecule has 0 heterocycles. The summed E-state index contributed by atoms with van der Waals surface area (Å²) in [6.07, 6.45) is 0.223. The summed E-state index contributed by atoms with van der Waals surface area (Å²) in [7, 11) is 0. The maximum atomic E-state index is 11.4. The highest BCUT2D eigenvalue weighted by Crippen LogP contribution is 2.16. The van der Waals surface area contributed by atoms with E-state index in [-0.39, 0.29) is 18.7 Å². The molecule has 0 amide bonds. The topological polar surface area (TPSA) is 63.4 Å². The maximum Gasteiger partial charge on any atom is 0.219 e. The van der Waals surface area contributed by atoms with Crippen LogP contribution < -0.4 is 10.9 Å². The number of hydrogen-bond donors (Lipinski definition) is 1. The molecule has 0 aliphatic carbocycles. The van der Waals surface area contributed by atoms with E-state index in [1.165, 1.54) is 5.01 Å². The minimum absolute atomic E-state index is 0.0719. The van der Waals surface area contributed by atoms with Gasteiger partial charge >= 0.3 is 0 Å². The van der Waals surface area contributed by atoms with Gasteiger partial charge in [0.1, 0.15) is 6.54 Å². The number of aryl methyl sites for hydroxylation is 1. The number of ketones is 2. The second-order valence-corrected chi connectivity index (χ2v) is 3.61. The van der Waals surface area contributed by atoms with Crippen molar-refractivity contribution in [2.45, 2.75) is 20.3 Å². The van der Waals surface area contributed by atoms with Crippen LogP contribution >= 0.6 is 0 Å². The van der Waals surface area contributed by atoms with Crippen LogP contribution in [0.3, 0.4) is 0 Å². The second-order valence-electron chi connectivity index (χ2n) is 3.61. The van der Waals surface area contributed by atoms with Crippen LogP contribution in [0.1, 0.15) is 18.9 Å². The molecule has 0 fully saturated rings. The number of hydrogen-bond acceptors (Lipinski definition) is 4. The molecule has 0 saturated carbocycles. The fourth-order valence-electron chi connectivity index (χ4n) is 1.41. The molecule has 0 unspecified atom stereocenters. The summed E-state index contributed by atoms with van der Waals surface area (Å²) in [6.45, 7) is 3.49. The smallest absolute Gasteiger partial charge is 0.219 e. The Kier molecular flexibility index (Phi) is 4.19. The number of benzene rings is 1. The molecular formula is C12H16N2O2. The first kappa shape index (κ1) is 12.4. The molecule has 16 heavy (non-hydrogen) atoms. The van der Waals surface area contributed by atoms with E-state index < -0.39 is 5.78 Å². The summed E-state index contributed by atoms with van der Waals surface area (Å²) in [5.74, 6) is 4.91. The Morgan fingerprint density at radius 2 is 1.88 bits per heavy atom. The number of carbonyl (C=O) groups excluding carboxylic acids is 2. The van der Waals surface area contributed by atoms with Crippen LogP contribution in [0.4, 0.5) is 5.69 Å². The third kappa shape index (κ3) is 2.90. The van der Waals surface area contributed by atoms with Crippen LogP contribution in [0.2, 0.25) is 0 Å². The van der Waals surface area contributed by atoms with E-state index in [1.807, 2.05) is 31.2 Å². The number of rotatable bonds is 5. The van der Waals surface area contributed by atoms with Crippen molar-refractivity contribution in [2.24, 2.45) is 5.84 Å². The lowest BCUT2D eigenvalue weighted by Crippen LogP contribution is -2.39. The van der Waals surface area contributed by atoms with E-state index in [9.17, 15) is 9.59 Å². The van der Waals surface area contributed by atoms with Gasteiger partial charge in [-0.05, 0) is 18.6 Å². The zero-order chi connectivity index (χ0) is 12.1. The van der Waals surface area contributed by atoms with E-state index in [0.717, 1.165) is 11.3 Å². The number of carbonyl (C=O) groups is 2. The number of nitrogens with zero attached hydrogens (tertiary/aromatic N) is 1. The van der Waals surface area contributed by atoms with Crippen LogP contribution in [0.15, 0.2) is 24.3 Å². The van der Waals surface area contributed by atoms with E-state index >= 15 is 0 Å². The van der Waals surface area contributed by atoms with Gasteiger partial charge in [0, 0.05) is 6.42 Å². The molecule has 4 heteroatoms. The normalized spacial score (nSPS) is 9.94. The fraction of sp³-hybridized carbons (Fsp3) is 0.333. The highest BCUT2D eigenvalue weighted by atomic mass is 16.2. The summed E-state index contributed by atoms with van der Waals surface area (Å²) in [6, 6.07) is 7.46. The first-order valence-corrected chi connectivity index (χ1v) is 5.20. The largest absolute Gasteiger partial charge is 0.303 e. The molecule has 0 bridgehead atoms. The minimum atomic E-state index is -0.451. The van der Waals surface area contributed by atoms with Gasteiger partial charge in [-0.1, -0.05) is 25.1 Å². The molecule has 0 aromatic heterocycles. The second kappa shape index (κ2) is 5.42. The first-order chi connectivity index (χ1) is 7.56. The lowest BCUT2D eigenvalue weighted by atomic mass is 10.1. The SMILES string of the molecule is CCC(=O)C(=O)CN(N)c1ccccc1C. The van der Waals surface area contributed by atoms with Crippen molar-refractivity contribution < 1.29 is 9.59 Å². The Morgan fingerprint density at radius 3 is 2.44 bits per heavy atom. The summed E-state index contributed by atoms with van der Waals surface area (Å²) in [4.78, 5) is 22.5. The van der Waals surface area contributed by atoms with Crippen LogP contribution in [-0.2, 0) is 9.59 Å². The number of Topliss-reactive ketones (excluding diaryl/α,β-unsaturated/α-hetero) is 2. The number of hydrazine groups is 1. The lowest BCUT2D eigenvalue weighted by Gasteiger charge is -2.19. The molecule has 1 rings (SSSR count). The Morgan fingerprint density at radius 1 is 1.25 bits per heavy atom. The molecule has 1 aromatic rings. The van der Waals surface area contributed by atoms with Gasteiger partial charge in [-0.15, -0.1) is 0 Å². The first-order valence-electron chi connectivity index (χ1n) is 5.20. The lowest BCUT2D eigenvalue weighted by molar-refractivity contribution is -0.135. The molecule has 0 aliphatic heterocycles. The van der Waals surface area contributed by atoms with Gasteiger partial charge in [0.05, 0.1) is 5.69 Å². The molecule has 0 aliphatic rings. The van der Waals surface area contributed by atoms with Gasteiger partial charge < -0.3 is 5.01 Å². The van der Waals surface area contributed by atoms with E-state index in [2.05, 4.69) is 0 Å². The summed E-state index contributed by atoms with van der Waals surface area (Å²) >= 11 is 0. The van der Waals surface area contributed by atoms with Crippen molar-refractivity contribution in [3.8, 4) is 0 Å². The van der Waals surface area contributed by atoms with Gasteiger partial charge in [0.2, 0.25) is 5.78 Å². The zero-order valence-electron chi connectivity index (χ0n) is 9.56. The molecular weight excluding hydrogens is 204 g/mol. The van der Waals surface area contributed by atoms with Crippen molar-refractivity contribution >= 4 is 17.3 Å². The number of anilines is 1. The highest BCUT2D eigenvalue weighted by Gasteiger charge is 2.15. The zero-order valence-corrected chi connectivity index (χ0v) is 9.56. The summed E-state index contributed by atoms with van der Waals surface area (Å²) in [5.41, 5.74) is 1.74. The molecule has 86 valence electrons. The van der Waals surface area contributed by atoms with Crippen LogP contribution in [0.25, 0.3) is 0 Å². The third-order valence-electron chi connectivity index (χ3n) is 2.37. The highest BCUT2D eigenvalue weighted by molar-refractivity contribution is 6.38. The fourth-order valence-corrected chi connectivity index (χ4v) is 1.41. The molecule has 4 nitrogen and oxygen atoms in total. The van der Waals surface area contributed by atoms with Crippen LogP contribution in [0.5, 0.6) is 0 Å². The van der Waals surface area contributed by atoms with E-state index in [0.29, 0.717) is 0 Å². The summed E-state index contributed by atoms with van der Waals surface area (Å²) in [5, 5.41) is 1.31. The van der Waals surface area contributed by atoms with Crippen molar-refractivity contribution in [3.63, 3.8) is 0 Å². The van der Waals surface area contributed by atoms with Gasteiger partial charge in [-0.25, -0.2) is 5.84 Å². The number of nitrogens with two attached hydrogens (primary N) is 1. The monoisotopic (exact) mass is 220 g/mol. The Balaban J connectivity index is 2.73. The van der Waals surface area contributed by atoms with E-state index in [1.54, 1.807) is 6.92 Å². The van der Waals surface area contributed by atoms with Crippen LogP contribution in [0, 0.1) is 6.92 Å². The van der Waals surface area contributed by atoms with Gasteiger partial charge in [-0.3, -0.25) is 9.59 Å². The minimum Gasteiger partial charge on any atom is -0.303 e. The molecule has 2 N–H and O–H groups in total.